The van der Waals surface area contributed by atoms with Crippen molar-refractivity contribution >= 4 is 44.9 Å². The van der Waals surface area contributed by atoms with Crippen molar-refractivity contribution in [1.82, 2.24) is 9.55 Å². The van der Waals surface area contributed by atoms with Gasteiger partial charge in [-0.25, -0.2) is 4.98 Å². The highest BCUT2D eigenvalue weighted by Gasteiger charge is 2.23. The number of para-hydroxylation sites is 1. The van der Waals surface area contributed by atoms with Crippen molar-refractivity contribution in [2.45, 2.75) is 31.5 Å². The van der Waals surface area contributed by atoms with Crippen LogP contribution in [0.15, 0.2) is 69.9 Å². The number of hydrogen-bond acceptors (Lipinski definition) is 5. The average Bonchev–Trinajstić information content (AvgIpc) is 3.27. The van der Waals surface area contributed by atoms with Crippen molar-refractivity contribution in [3.8, 4) is 11.1 Å². The molecule has 0 saturated carbocycles. The molecule has 4 aromatic rings. The van der Waals surface area contributed by atoms with Crippen molar-refractivity contribution < 1.29 is 4.79 Å². The number of carbonyl (C=O) groups excluding carboxylic acids is 1. The van der Waals surface area contributed by atoms with E-state index in [1.165, 1.54) is 28.7 Å². The van der Waals surface area contributed by atoms with Crippen molar-refractivity contribution in [2.24, 2.45) is 0 Å². The molecular formula is C25H23N3O2S2. The Bertz CT molecular complexity index is 1340. The van der Waals surface area contributed by atoms with Gasteiger partial charge < -0.3 is 4.90 Å². The Morgan fingerprint density at radius 3 is 2.72 bits per heavy atom. The Morgan fingerprint density at radius 2 is 1.91 bits per heavy atom. The Balaban J connectivity index is 1.47. The topological polar surface area (TPSA) is 55.2 Å². The zero-order chi connectivity index (χ0) is 22.1. The Labute approximate surface area is 194 Å². The maximum atomic E-state index is 13.2. The lowest BCUT2D eigenvalue weighted by molar-refractivity contribution is -0.116. The molecule has 0 bridgehead atoms. The van der Waals surface area contributed by atoms with Crippen LogP contribution in [0, 0.1) is 0 Å². The number of amides is 1. The molecule has 0 spiro atoms. The molecule has 0 N–H and O–H groups in total. The van der Waals surface area contributed by atoms with E-state index in [0.29, 0.717) is 21.9 Å². The van der Waals surface area contributed by atoms with Crippen molar-refractivity contribution in [3.05, 3.63) is 75.9 Å². The van der Waals surface area contributed by atoms with E-state index in [9.17, 15) is 9.59 Å². The van der Waals surface area contributed by atoms with Gasteiger partial charge in [-0.2, -0.15) is 0 Å². The summed E-state index contributed by atoms with van der Waals surface area (Å²) in [5, 5.41) is 2.60. The fraction of sp³-hybridized carbons (Fsp3) is 0.240. The smallest absolute Gasteiger partial charge is 0.272 e. The van der Waals surface area contributed by atoms with Gasteiger partial charge >= 0.3 is 0 Å². The van der Waals surface area contributed by atoms with E-state index < -0.39 is 0 Å². The molecular weight excluding hydrogens is 438 g/mol. The average molecular weight is 462 g/mol. The van der Waals surface area contributed by atoms with Crippen molar-refractivity contribution in [2.75, 3.05) is 17.2 Å². The SMILES string of the molecule is CCn1c(SCC(=O)N2CCCc3ccccc32)nc2c(-c3ccccc3)csc2c1=O. The number of nitrogens with zero attached hydrogens (tertiary/aromatic N) is 3. The van der Waals surface area contributed by atoms with Crippen LogP contribution in [0.1, 0.15) is 18.9 Å². The van der Waals surface area contributed by atoms with Crippen LogP contribution in [0.25, 0.3) is 21.3 Å². The maximum Gasteiger partial charge on any atom is 0.272 e. The summed E-state index contributed by atoms with van der Waals surface area (Å²) in [6.07, 6.45) is 1.97. The minimum atomic E-state index is -0.0389. The fourth-order valence-corrected chi connectivity index (χ4v) is 6.08. The highest BCUT2D eigenvalue weighted by atomic mass is 32.2. The van der Waals surface area contributed by atoms with Crippen LogP contribution >= 0.6 is 23.1 Å². The first-order chi connectivity index (χ1) is 15.7. The molecule has 32 heavy (non-hydrogen) atoms. The number of rotatable bonds is 5. The first kappa shape index (κ1) is 21.0. The third kappa shape index (κ3) is 3.76. The number of fused-ring (bicyclic) bond motifs is 2. The minimum absolute atomic E-state index is 0.0389. The quantitative estimate of drug-likeness (QED) is 0.302. The molecule has 3 heterocycles. The van der Waals surface area contributed by atoms with Gasteiger partial charge in [-0.1, -0.05) is 60.3 Å². The number of thioether (sulfide) groups is 1. The second kappa shape index (κ2) is 8.92. The summed E-state index contributed by atoms with van der Waals surface area (Å²) >= 11 is 2.78. The molecule has 162 valence electrons. The molecule has 1 amide bonds. The minimum Gasteiger partial charge on any atom is -0.311 e. The Morgan fingerprint density at radius 1 is 1.12 bits per heavy atom. The van der Waals surface area contributed by atoms with E-state index in [0.717, 1.165) is 36.2 Å². The van der Waals surface area contributed by atoms with Gasteiger partial charge in [0.15, 0.2) is 5.16 Å². The number of anilines is 1. The van der Waals surface area contributed by atoms with Crippen LogP contribution in [-0.2, 0) is 17.8 Å². The van der Waals surface area contributed by atoms with E-state index in [-0.39, 0.29) is 17.2 Å². The summed E-state index contributed by atoms with van der Waals surface area (Å²) in [4.78, 5) is 33.0. The molecule has 5 nitrogen and oxygen atoms in total. The standard InChI is InChI=1S/C25H23N3O2S2/c1-2-27-24(30)23-22(19(15-31-23)17-9-4-3-5-10-17)26-25(27)32-16-21(29)28-14-8-12-18-11-6-7-13-20(18)28/h3-7,9-11,13,15H,2,8,12,14,16H2,1H3. The van der Waals surface area contributed by atoms with Gasteiger partial charge in [0, 0.05) is 29.7 Å². The summed E-state index contributed by atoms with van der Waals surface area (Å²) in [6, 6.07) is 18.1. The van der Waals surface area contributed by atoms with E-state index in [2.05, 4.69) is 6.07 Å². The van der Waals surface area contributed by atoms with Crippen LogP contribution < -0.4 is 10.5 Å². The van der Waals surface area contributed by atoms with Gasteiger partial charge in [0.25, 0.3) is 5.56 Å². The maximum absolute atomic E-state index is 13.2. The predicted molar refractivity (Wildman–Crippen MR) is 133 cm³/mol. The van der Waals surface area contributed by atoms with Crippen LogP contribution in [-0.4, -0.2) is 27.8 Å². The lowest BCUT2D eigenvalue weighted by Gasteiger charge is -2.29. The molecule has 2 aromatic carbocycles. The number of benzene rings is 2. The Kier molecular flexibility index (Phi) is 5.85. The summed E-state index contributed by atoms with van der Waals surface area (Å²) in [5.74, 6) is 0.296. The van der Waals surface area contributed by atoms with Crippen LogP contribution in [0.5, 0.6) is 0 Å². The normalized spacial score (nSPS) is 13.3. The second-order valence-electron chi connectivity index (χ2n) is 7.70. The molecule has 7 heteroatoms. The van der Waals surface area contributed by atoms with E-state index in [4.69, 9.17) is 4.98 Å². The predicted octanol–water partition coefficient (Wildman–Crippen LogP) is 5.22. The summed E-state index contributed by atoms with van der Waals surface area (Å²) in [6.45, 7) is 3.18. The van der Waals surface area contributed by atoms with E-state index in [1.807, 2.05) is 65.7 Å². The van der Waals surface area contributed by atoms with Gasteiger partial charge in [0.05, 0.1) is 11.3 Å². The number of hydrogen-bond donors (Lipinski definition) is 0. The first-order valence-corrected chi connectivity index (χ1v) is 12.6. The van der Waals surface area contributed by atoms with Crippen LogP contribution in [0.4, 0.5) is 5.69 Å². The third-order valence-corrected chi connectivity index (χ3v) is 7.70. The van der Waals surface area contributed by atoms with Gasteiger partial charge in [-0.3, -0.25) is 14.2 Å². The van der Waals surface area contributed by atoms with E-state index in [1.54, 1.807) is 4.57 Å². The molecule has 0 unspecified atom stereocenters. The second-order valence-corrected chi connectivity index (χ2v) is 9.53. The highest BCUT2D eigenvalue weighted by molar-refractivity contribution is 7.99. The molecule has 0 fully saturated rings. The highest BCUT2D eigenvalue weighted by Crippen LogP contribution is 2.33. The largest absolute Gasteiger partial charge is 0.311 e. The zero-order valence-corrected chi connectivity index (χ0v) is 19.4. The molecule has 0 atom stereocenters. The van der Waals surface area contributed by atoms with Crippen LogP contribution in [0.2, 0.25) is 0 Å². The summed E-state index contributed by atoms with van der Waals surface area (Å²) in [5.41, 5.74) is 4.90. The van der Waals surface area contributed by atoms with Gasteiger partial charge in [-0.15, -0.1) is 11.3 Å². The lowest BCUT2D eigenvalue weighted by Crippen LogP contribution is -2.36. The van der Waals surface area contributed by atoms with Crippen LogP contribution in [0.3, 0.4) is 0 Å². The van der Waals surface area contributed by atoms with E-state index >= 15 is 0 Å². The molecule has 0 aliphatic carbocycles. The van der Waals surface area contributed by atoms with Gasteiger partial charge in [0.2, 0.25) is 5.91 Å². The molecule has 0 radical (unpaired) electrons. The molecule has 1 aliphatic heterocycles. The van der Waals surface area contributed by atoms with Crippen molar-refractivity contribution in [1.29, 1.82) is 0 Å². The fourth-order valence-electron chi connectivity index (χ4n) is 4.19. The number of aryl methyl sites for hydroxylation is 1. The lowest BCUT2D eigenvalue weighted by atomic mass is 10.0. The summed E-state index contributed by atoms with van der Waals surface area (Å²) in [7, 11) is 0. The zero-order valence-electron chi connectivity index (χ0n) is 17.8. The number of aromatic nitrogens is 2. The van der Waals surface area contributed by atoms with Gasteiger partial charge in [0.1, 0.15) is 4.70 Å². The number of thiophene rings is 1. The molecule has 2 aromatic heterocycles. The molecule has 0 saturated heterocycles. The molecule has 1 aliphatic rings. The third-order valence-electron chi connectivity index (χ3n) is 5.78. The van der Waals surface area contributed by atoms with Crippen molar-refractivity contribution in [3.63, 3.8) is 0 Å². The Hall–Kier alpha value is -2.90. The number of carbonyl (C=O) groups is 1. The summed E-state index contributed by atoms with van der Waals surface area (Å²) < 4.78 is 2.33. The molecule has 5 rings (SSSR count). The first-order valence-electron chi connectivity index (χ1n) is 10.8. The monoisotopic (exact) mass is 461 g/mol. The van der Waals surface area contributed by atoms with Gasteiger partial charge in [-0.05, 0) is 37.0 Å².